The van der Waals surface area contributed by atoms with E-state index in [1.165, 1.54) is 19.3 Å². The number of benzene rings is 1. The maximum atomic E-state index is 12.8. The average Bonchev–Trinajstić information content (AvgIpc) is 3.17. The summed E-state index contributed by atoms with van der Waals surface area (Å²) in [7, 11) is 0. The van der Waals surface area contributed by atoms with Gasteiger partial charge in [-0.2, -0.15) is 0 Å². The molecule has 2 aliphatic rings. The molecule has 0 spiro atoms. The number of carbonyl (C=O) groups is 1. The zero-order valence-electron chi connectivity index (χ0n) is 14.9. The van der Waals surface area contributed by atoms with Crippen LogP contribution in [0.1, 0.15) is 43.4 Å². The SMILES string of the molecule is Cc1coc(-c2ccc(C)c(NC(=O)N3CCCC3C3CCC3)c2)n1. The third-order valence-electron chi connectivity index (χ3n) is 5.60. The molecule has 5 heteroatoms. The number of nitrogens with one attached hydrogen (secondary N) is 1. The fraction of sp³-hybridized carbons (Fsp3) is 0.500. The van der Waals surface area contributed by atoms with E-state index in [2.05, 4.69) is 10.3 Å². The topological polar surface area (TPSA) is 58.4 Å². The second-order valence-electron chi connectivity index (χ2n) is 7.35. The molecule has 2 amide bonds. The average molecular weight is 339 g/mol. The lowest BCUT2D eigenvalue weighted by Crippen LogP contribution is -2.44. The summed E-state index contributed by atoms with van der Waals surface area (Å²) in [4.78, 5) is 19.3. The van der Waals surface area contributed by atoms with Crippen LogP contribution in [0.4, 0.5) is 10.5 Å². The van der Waals surface area contributed by atoms with Crippen molar-refractivity contribution in [2.24, 2.45) is 5.92 Å². The minimum Gasteiger partial charge on any atom is -0.444 e. The highest BCUT2D eigenvalue weighted by atomic mass is 16.3. The highest BCUT2D eigenvalue weighted by molar-refractivity contribution is 5.91. The van der Waals surface area contributed by atoms with Crippen molar-refractivity contribution >= 4 is 11.7 Å². The van der Waals surface area contributed by atoms with Crippen molar-refractivity contribution in [1.82, 2.24) is 9.88 Å². The van der Waals surface area contributed by atoms with Gasteiger partial charge in [-0.3, -0.25) is 0 Å². The third-order valence-corrected chi connectivity index (χ3v) is 5.60. The van der Waals surface area contributed by atoms with E-state index in [0.717, 1.165) is 41.9 Å². The fourth-order valence-electron chi connectivity index (χ4n) is 3.92. The molecule has 5 nitrogen and oxygen atoms in total. The second kappa shape index (κ2) is 6.54. The largest absolute Gasteiger partial charge is 0.444 e. The van der Waals surface area contributed by atoms with Gasteiger partial charge in [0.05, 0.1) is 5.69 Å². The van der Waals surface area contributed by atoms with Crippen LogP contribution in [0.15, 0.2) is 28.9 Å². The first-order valence-corrected chi connectivity index (χ1v) is 9.22. The van der Waals surface area contributed by atoms with Gasteiger partial charge in [-0.05, 0) is 63.1 Å². The minimum absolute atomic E-state index is 0.0261. The van der Waals surface area contributed by atoms with Crippen LogP contribution in [0.2, 0.25) is 0 Å². The summed E-state index contributed by atoms with van der Waals surface area (Å²) in [6, 6.07) is 6.37. The first kappa shape index (κ1) is 16.2. The Hall–Kier alpha value is -2.30. The lowest BCUT2D eigenvalue weighted by atomic mass is 9.79. The standard InChI is InChI=1S/C20H25N3O2/c1-13-8-9-16(19-21-14(2)12-25-19)11-17(13)22-20(24)23-10-4-7-18(23)15-5-3-6-15/h8-9,11-12,15,18H,3-7,10H2,1-2H3,(H,22,24). The number of hydrogen-bond donors (Lipinski definition) is 1. The number of anilines is 1. The summed E-state index contributed by atoms with van der Waals surface area (Å²) in [5, 5.41) is 3.12. The van der Waals surface area contributed by atoms with E-state index in [-0.39, 0.29) is 6.03 Å². The molecular weight excluding hydrogens is 314 g/mol. The molecule has 132 valence electrons. The number of urea groups is 1. The maximum absolute atomic E-state index is 12.8. The van der Waals surface area contributed by atoms with Crippen molar-refractivity contribution in [1.29, 1.82) is 0 Å². The van der Waals surface area contributed by atoms with Crippen LogP contribution < -0.4 is 5.32 Å². The monoisotopic (exact) mass is 339 g/mol. The van der Waals surface area contributed by atoms with E-state index in [4.69, 9.17) is 4.42 Å². The van der Waals surface area contributed by atoms with Crippen molar-refractivity contribution in [3.05, 3.63) is 35.7 Å². The maximum Gasteiger partial charge on any atom is 0.322 e. The number of hydrogen-bond acceptors (Lipinski definition) is 3. The number of rotatable bonds is 3. The molecule has 1 aliphatic carbocycles. The summed E-state index contributed by atoms with van der Waals surface area (Å²) in [6.07, 6.45) is 7.75. The van der Waals surface area contributed by atoms with Crippen LogP contribution in [0.25, 0.3) is 11.5 Å². The molecule has 2 fully saturated rings. The Kier molecular flexibility index (Phi) is 4.24. The van der Waals surface area contributed by atoms with Crippen molar-refractivity contribution in [3.8, 4) is 11.5 Å². The van der Waals surface area contributed by atoms with Crippen LogP contribution in [0.5, 0.6) is 0 Å². The number of oxazole rings is 1. The van der Waals surface area contributed by atoms with Gasteiger partial charge in [0.1, 0.15) is 6.26 Å². The van der Waals surface area contributed by atoms with Gasteiger partial charge in [0.2, 0.25) is 5.89 Å². The molecule has 0 bridgehead atoms. The lowest BCUT2D eigenvalue weighted by Gasteiger charge is -2.37. The molecule has 4 rings (SSSR count). The Morgan fingerprint density at radius 2 is 2.08 bits per heavy atom. The Morgan fingerprint density at radius 3 is 2.76 bits per heavy atom. The van der Waals surface area contributed by atoms with Crippen LogP contribution in [-0.4, -0.2) is 28.5 Å². The molecule has 1 aliphatic heterocycles. The molecule has 2 heterocycles. The van der Waals surface area contributed by atoms with Crippen LogP contribution in [-0.2, 0) is 0 Å². The zero-order chi connectivity index (χ0) is 17.4. The summed E-state index contributed by atoms with van der Waals surface area (Å²) in [6.45, 7) is 4.77. The molecule has 1 atom stereocenters. The molecule has 1 aromatic heterocycles. The van der Waals surface area contributed by atoms with Crippen LogP contribution in [0.3, 0.4) is 0 Å². The molecule has 1 saturated heterocycles. The van der Waals surface area contributed by atoms with Crippen molar-refractivity contribution in [3.63, 3.8) is 0 Å². The van der Waals surface area contributed by atoms with Gasteiger partial charge in [0.25, 0.3) is 0 Å². The molecule has 1 aromatic carbocycles. The number of amides is 2. The van der Waals surface area contributed by atoms with Gasteiger partial charge >= 0.3 is 6.03 Å². The zero-order valence-corrected chi connectivity index (χ0v) is 14.9. The minimum atomic E-state index is 0.0261. The predicted molar refractivity (Wildman–Crippen MR) is 97.5 cm³/mol. The first-order chi connectivity index (χ1) is 12.1. The Balaban J connectivity index is 1.52. The van der Waals surface area contributed by atoms with Gasteiger partial charge in [-0.25, -0.2) is 9.78 Å². The number of aromatic nitrogens is 1. The van der Waals surface area contributed by atoms with E-state index in [1.54, 1.807) is 6.26 Å². The van der Waals surface area contributed by atoms with Gasteiger partial charge in [0, 0.05) is 23.8 Å². The van der Waals surface area contributed by atoms with E-state index in [9.17, 15) is 4.79 Å². The van der Waals surface area contributed by atoms with E-state index < -0.39 is 0 Å². The summed E-state index contributed by atoms with van der Waals surface area (Å²) in [5.41, 5.74) is 3.60. The number of nitrogens with zero attached hydrogens (tertiary/aromatic N) is 2. The molecule has 1 N–H and O–H groups in total. The molecule has 0 radical (unpaired) electrons. The van der Waals surface area contributed by atoms with Gasteiger partial charge in [-0.15, -0.1) is 0 Å². The number of aryl methyl sites for hydroxylation is 2. The second-order valence-corrected chi connectivity index (χ2v) is 7.35. The number of carbonyl (C=O) groups excluding carboxylic acids is 1. The summed E-state index contributed by atoms with van der Waals surface area (Å²) < 4.78 is 5.49. The highest BCUT2D eigenvalue weighted by Gasteiger charge is 2.37. The van der Waals surface area contributed by atoms with Gasteiger partial charge in [-0.1, -0.05) is 12.5 Å². The normalized spacial score (nSPS) is 20.6. The van der Waals surface area contributed by atoms with Crippen molar-refractivity contribution < 1.29 is 9.21 Å². The molecule has 2 aromatic rings. The Bertz CT molecular complexity index is 779. The lowest BCUT2D eigenvalue weighted by molar-refractivity contribution is 0.148. The summed E-state index contributed by atoms with van der Waals surface area (Å²) in [5.74, 6) is 1.29. The van der Waals surface area contributed by atoms with Crippen LogP contribution in [0, 0.1) is 19.8 Å². The first-order valence-electron chi connectivity index (χ1n) is 9.22. The Labute approximate surface area is 148 Å². The molecular formula is C20H25N3O2. The highest BCUT2D eigenvalue weighted by Crippen LogP contribution is 2.37. The van der Waals surface area contributed by atoms with Crippen molar-refractivity contribution in [2.75, 3.05) is 11.9 Å². The van der Waals surface area contributed by atoms with E-state index in [0.29, 0.717) is 17.9 Å². The molecule has 25 heavy (non-hydrogen) atoms. The smallest absolute Gasteiger partial charge is 0.322 e. The van der Waals surface area contributed by atoms with Crippen LogP contribution >= 0.6 is 0 Å². The third kappa shape index (κ3) is 3.15. The quantitative estimate of drug-likeness (QED) is 0.877. The van der Waals surface area contributed by atoms with Gasteiger partial charge < -0.3 is 14.6 Å². The molecule has 1 saturated carbocycles. The predicted octanol–water partition coefficient (Wildman–Crippen LogP) is 4.75. The van der Waals surface area contributed by atoms with E-state index >= 15 is 0 Å². The van der Waals surface area contributed by atoms with E-state index in [1.807, 2.05) is 36.9 Å². The van der Waals surface area contributed by atoms with Crippen molar-refractivity contribution in [2.45, 2.75) is 52.0 Å². The fourth-order valence-corrected chi connectivity index (χ4v) is 3.92. The Morgan fingerprint density at radius 1 is 1.24 bits per heavy atom. The van der Waals surface area contributed by atoms with Gasteiger partial charge in [0.15, 0.2) is 0 Å². The molecule has 1 unspecified atom stereocenters. The summed E-state index contributed by atoms with van der Waals surface area (Å²) >= 11 is 0. The number of likely N-dealkylation sites (tertiary alicyclic amines) is 1.